The lowest BCUT2D eigenvalue weighted by molar-refractivity contribution is -0.130. The SMILES string of the molecule is CCNc1ccc(S(=O)(=O)N(C)C)cc1NCC(=O)N1CCCC(C)C1. The van der Waals surface area contributed by atoms with Crippen LogP contribution >= 0.6 is 0 Å². The van der Waals surface area contributed by atoms with E-state index in [1.54, 1.807) is 18.2 Å². The van der Waals surface area contributed by atoms with Crippen molar-refractivity contribution < 1.29 is 13.2 Å². The zero-order valence-corrected chi connectivity index (χ0v) is 16.9. The first kappa shape index (κ1) is 20.5. The molecule has 8 heteroatoms. The van der Waals surface area contributed by atoms with Gasteiger partial charge in [0.25, 0.3) is 0 Å². The van der Waals surface area contributed by atoms with Crippen molar-refractivity contribution >= 4 is 27.3 Å². The van der Waals surface area contributed by atoms with E-state index in [-0.39, 0.29) is 17.3 Å². The van der Waals surface area contributed by atoms with Crippen LogP contribution in [0.25, 0.3) is 0 Å². The minimum Gasteiger partial charge on any atom is -0.384 e. The number of hydrogen-bond donors (Lipinski definition) is 2. The van der Waals surface area contributed by atoms with Crippen molar-refractivity contribution in [3.8, 4) is 0 Å². The van der Waals surface area contributed by atoms with Gasteiger partial charge >= 0.3 is 0 Å². The van der Waals surface area contributed by atoms with Gasteiger partial charge in [-0.25, -0.2) is 12.7 Å². The Balaban J connectivity index is 2.16. The highest BCUT2D eigenvalue weighted by atomic mass is 32.2. The summed E-state index contributed by atoms with van der Waals surface area (Å²) in [6, 6.07) is 4.89. The standard InChI is InChI=1S/C18H30N4O3S/c1-5-19-16-9-8-15(26(24,25)21(3)4)11-17(16)20-12-18(23)22-10-6-7-14(2)13-22/h8-9,11,14,19-20H,5-7,10,12-13H2,1-4H3. The van der Waals surface area contributed by atoms with Crippen LogP contribution in [0, 0.1) is 5.92 Å². The summed E-state index contributed by atoms with van der Waals surface area (Å²) in [5.41, 5.74) is 1.40. The molecular formula is C18H30N4O3S. The van der Waals surface area contributed by atoms with Crippen LogP contribution in [0.4, 0.5) is 11.4 Å². The van der Waals surface area contributed by atoms with E-state index in [4.69, 9.17) is 0 Å². The molecule has 0 saturated carbocycles. The van der Waals surface area contributed by atoms with Gasteiger partial charge in [-0.2, -0.15) is 0 Å². The molecule has 26 heavy (non-hydrogen) atoms. The molecule has 0 spiro atoms. The monoisotopic (exact) mass is 382 g/mol. The zero-order chi connectivity index (χ0) is 19.3. The molecule has 1 aromatic rings. The summed E-state index contributed by atoms with van der Waals surface area (Å²) in [5.74, 6) is 0.568. The third kappa shape index (κ3) is 4.88. The Morgan fingerprint density at radius 3 is 2.62 bits per heavy atom. The molecule has 1 fully saturated rings. The van der Waals surface area contributed by atoms with Gasteiger partial charge < -0.3 is 15.5 Å². The predicted molar refractivity (Wildman–Crippen MR) is 105 cm³/mol. The second-order valence-corrected chi connectivity index (χ2v) is 9.12. The lowest BCUT2D eigenvalue weighted by Crippen LogP contribution is -2.42. The molecule has 0 radical (unpaired) electrons. The third-order valence-corrected chi connectivity index (χ3v) is 6.39. The summed E-state index contributed by atoms with van der Waals surface area (Å²) < 4.78 is 25.9. The lowest BCUT2D eigenvalue weighted by atomic mass is 10.0. The molecule has 0 aromatic heterocycles. The average Bonchev–Trinajstić information content (AvgIpc) is 2.60. The van der Waals surface area contributed by atoms with Crippen LogP contribution in [0.5, 0.6) is 0 Å². The van der Waals surface area contributed by atoms with E-state index in [0.29, 0.717) is 18.2 Å². The van der Waals surface area contributed by atoms with Gasteiger partial charge in [0, 0.05) is 33.7 Å². The maximum absolute atomic E-state index is 12.5. The van der Waals surface area contributed by atoms with Gasteiger partial charge in [0.2, 0.25) is 15.9 Å². The average molecular weight is 383 g/mol. The van der Waals surface area contributed by atoms with E-state index >= 15 is 0 Å². The number of piperidine rings is 1. The van der Waals surface area contributed by atoms with E-state index in [1.165, 1.54) is 18.4 Å². The molecule has 1 aliphatic rings. The first-order chi connectivity index (χ1) is 12.3. The van der Waals surface area contributed by atoms with Crippen LogP contribution in [0.1, 0.15) is 26.7 Å². The van der Waals surface area contributed by atoms with E-state index in [2.05, 4.69) is 17.6 Å². The molecule has 1 unspecified atom stereocenters. The number of nitrogens with zero attached hydrogens (tertiary/aromatic N) is 2. The van der Waals surface area contributed by atoms with Crippen LogP contribution in [0.15, 0.2) is 23.1 Å². The van der Waals surface area contributed by atoms with Crippen molar-refractivity contribution in [2.75, 3.05) is 50.9 Å². The Morgan fingerprint density at radius 2 is 2.00 bits per heavy atom. The molecule has 0 aliphatic carbocycles. The number of carbonyl (C=O) groups is 1. The Labute approximate surface area is 156 Å². The predicted octanol–water partition coefficient (Wildman–Crippen LogP) is 2.04. The molecule has 7 nitrogen and oxygen atoms in total. The fourth-order valence-electron chi connectivity index (χ4n) is 3.08. The van der Waals surface area contributed by atoms with Crippen molar-refractivity contribution in [1.82, 2.24) is 9.21 Å². The summed E-state index contributed by atoms with van der Waals surface area (Å²) >= 11 is 0. The van der Waals surface area contributed by atoms with E-state index in [0.717, 1.165) is 31.6 Å². The molecule has 1 amide bonds. The topological polar surface area (TPSA) is 81.8 Å². The summed E-state index contributed by atoms with van der Waals surface area (Å²) in [7, 11) is -0.524. The van der Waals surface area contributed by atoms with Crippen molar-refractivity contribution in [3.63, 3.8) is 0 Å². The normalized spacial score (nSPS) is 18.0. The molecule has 1 heterocycles. The number of rotatable bonds is 7. The zero-order valence-electron chi connectivity index (χ0n) is 16.1. The summed E-state index contributed by atoms with van der Waals surface area (Å²) in [6.07, 6.45) is 2.19. The Morgan fingerprint density at radius 1 is 1.27 bits per heavy atom. The van der Waals surface area contributed by atoms with E-state index in [1.807, 2.05) is 11.8 Å². The third-order valence-electron chi connectivity index (χ3n) is 4.58. The fourth-order valence-corrected chi connectivity index (χ4v) is 4.01. The summed E-state index contributed by atoms with van der Waals surface area (Å²) in [4.78, 5) is 14.6. The number of carbonyl (C=O) groups excluding carboxylic acids is 1. The van der Waals surface area contributed by atoms with Crippen molar-refractivity contribution in [2.24, 2.45) is 5.92 Å². The second-order valence-electron chi connectivity index (χ2n) is 6.97. The summed E-state index contributed by atoms with van der Waals surface area (Å²) in [5, 5.41) is 6.32. The number of sulfonamides is 1. The quantitative estimate of drug-likeness (QED) is 0.754. The number of anilines is 2. The Bertz CT molecular complexity index is 734. The van der Waals surface area contributed by atoms with Crippen molar-refractivity contribution in [2.45, 2.75) is 31.6 Å². The lowest BCUT2D eigenvalue weighted by Gasteiger charge is -2.31. The number of nitrogens with one attached hydrogen (secondary N) is 2. The van der Waals surface area contributed by atoms with Crippen LogP contribution in [0.3, 0.4) is 0 Å². The molecule has 2 N–H and O–H groups in total. The number of likely N-dealkylation sites (tertiary alicyclic amines) is 1. The maximum atomic E-state index is 12.5. The van der Waals surface area contributed by atoms with Gasteiger partial charge in [-0.3, -0.25) is 4.79 Å². The van der Waals surface area contributed by atoms with Gasteiger partial charge in [-0.1, -0.05) is 6.92 Å². The minimum absolute atomic E-state index is 0.0415. The minimum atomic E-state index is -3.53. The maximum Gasteiger partial charge on any atom is 0.242 e. The first-order valence-electron chi connectivity index (χ1n) is 9.07. The Hall–Kier alpha value is -1.80. The molecule has 146 valence electrons. The second kappa shape index (κ2) is 8.73. The molecule has 0 bridgehead atoms. The van der Waals surface area contributed by atoms with Crippen LogP contribution in [-0.4, -0.2) is 63.8 Å². The fraction of sp³-hybridized carbons (Fsp3) is 0.611. The number of hydrogen-bond acceptors (Lipinski definition) is 5. The van der Waals surface area contributed by atoms with Crippen molar-refractivity contribution in [3.05, 3.63) is 18.2 Å². The van der Waals surface area contributed by atoms with Crippen LogP contribution < -0.4 is 10.6 Å². The summed E-state index contributed by atoms with van der Waals surface area (Å²) in [6.45, 7) is 6.55. The Kier molecular flexibility index (Phi) is 6.88. The highest BCUT2D eigenvalue weighted by molar-refractivity contribution is 7.89. The molecule has 1 aromatic carbocycles. The largest absolute Gasteiger partial charge is 0.384 e. The number of benzene rings is 1. The van der Waals surface area contributed by atoms with Crippen LogP contribution in [-0.2, 0) is 14.8 Å². The van der Waals surface area contributed by atoms with Gasteiger partial charge in [0.05, 0.1) is 22.8 Å². The number of amides is 1. The van der Waals surface area contributed by atoms with Gasteiger partial charge in [-0.05, 0) is 43.9 Å². The molecule has 1 saturated heterocycles. The highest BCUT2D eigenvalue weighted by Gasteiger charge is 2.22. The van der Waals surface area contributed by atoms with Gasteiger partial charge in [-0.15, -0.1) is 0 Å². The van der Waals surface area contributed by atoms with Gasteiger partial charge in [0.1, 0.15) is 0 Å². The van der Waals surface area contributed by atoms with Gasteiger partial charge in [0.15, 0.2) is 0 Å². The van der Waals surface area contributed by atoms with E-state index < -0.39 is 10.0 Å². The first-order valence-corrected chi connectivity index (χ1v) is 10.5. The van der Waals surface area contributed by atoms with E-state index in [9.17, 15) is 13.2 Å². The molecule has 1 aliphatic heterocycles. The van der Waals surface area contributed by atoms with Crippen LogP contribution in [0.2, 0.25) is 0 Å². The molecule has 1 atom stereocenters. The molecular weight excluding hydrogens is 352 g/mol. The smallest absolute Gasteiger partial charge is 0.242 e. The van der Waals surface area contributed by atoms with Crippen molar-refractivity contribution in [1.29, 1.82) is 0 Å². The highest BCUT2D eigenvalue weighted by Crippen LogP contribution is 2.27. The molecule has 2 rings (SSSR count).